The highest BCUT2D eigenvalue weighted by molar-refractivity contribution is 5.60. The van der Waals surface area contributed by atoms with Gasteiger partial charge in [0.05, 0.1) is 18.8 Å². The van der Waals surface area contributed by atoms with Crippen LogP contribution in [0.2, 0.25) is 0 Å². The van der Waals surface area contributed by atoms with E-state index in [2.05, 4.69) is 5.32 Å². The summed E-state index contributed by atoms with van der Waals surface area (Å²) in [6.07, 6.45) is 2.63. The van der Waals surface area contributed by atoms with Gasteiger partial charge in [0.15, 0.2) is 11.5 Å². The Morgan fingerprint density at radius 3 is 2.67 bits per heavy atom. The zero-order valence-corrected chi connectivity index (χ0v) is 15.6. The molecule has 6 N–H and O–H groups in total. The molecule has 8 heteroatoms. The first-order chi connectivity index (χ1) is 12.2. The largest absolute Gasteiger partial charge is 0.550 e. The maximum atomic E-state index is 11.5. The molecule has 2 bridgehead atoms. The summed E-state index contributed by atoms with van der Waals surface area (Å²) in [6, 6.07) is 3.74. The standard InChI is InChI=1S/C17H23NO4.C2H4O2.H2O/c1-22-12-3-2-10-8-13-17(21)5-4-11(19)9-16(17,6-7-18-13)14(10)15(12)20;1-2(3)4;/h2-3,11,13,18-21H,4-9H2,1H3;1H3,(H,3,4);1H2/p-1/t11-,13-,16-,17-;;/m1../s1. The van der Waals surface area contributed by atoms with Crippen molar-refractivity contribution in [2.75, 3.05) is 13.7 Å². The highest BCUT2D eigenvalue weighted by Crippen LogP contribution is 2.59. The van der Waals surface area contributed by atoms with Crippen LogP contribution in [0.15, 0.2) is 12.1 Å². The highest BCUT2D eigenvalue weighted by Gasteiger charge is 2.63. The minimum absolute atomic E-state index is 0. The van der Waals surface area contributed by atoms with Gasteiger partial charge in [0, 0.05) is 23.0 Å². The van der Waals surface area contributed by atoms with Gasteiger partial charge in [-0.1, -0.05) is 6.07 Å². The predicted octanol–water partition coefficient (Wildman–Crippen LogP) is -1.24. The summed E-state index contributed by atoms with van der Waals surface area (Å²) < 4.78 is 5.28. The van der Waals surface area contributed by atoms with E-state index in [0.29, 0.717) is 37.9 Å². The van der Waals surface area contributed by atoms with Crippen molar-refractivity contribution in [3.8, 4) is 11.5 Å². The molecule has 1 heterocycles. The second kappa shape index (κ2) is 7.63. The monoisotopic (exact) mass is 382 g/mol. The van der Waals surface area contributed by atoms with Gasteiger partial charge in [0.25, 0.3) is 0 Å². The molecule has 2 aliphatic carbocycles. The van der Waals surface area contributed by atoms with Crippen LogP contribution in [0, 0.1) is 0 Å². The number of carboxylic acids is 1. The Balaban J connectivity index is 0.000000479. The van der Waals surface area contributed by atoms with E-state index in [1.807, 2.05) is 6.07 Å². The second-order valence-electron chi connectivity index (χ2n) is 7.51. The number of phenols is 1. The van der Waals surface area contributed by atoms with Crippen molar-refractivity contribution in [3.05, 3.63) is 23.3 Å². The summed E-state index contributed by atoms with van der Waals surface area (Å²) in [4.78, 5) is 8.89. The van der Waals surface area contributed by atoms with Crippen LogP contribution >= 0.6 is 0 Å². The van der Waals surface area contributed by atoms with E-state index in [1.54, 1.807) is 6.07 Å². The smallest absolute Gasteiger partial charge is 0.161 e. The third-order valence-corrected chi connectivity index (χ3v) is 6.14. The lowest BCUT2D eigenvalue weighted by molar-refractivity contribution is -0.302. The van der Waals surface area contributed by atoms with E-state index >= 15 is 0 Å². The third-order valence-electron chi connectivity index (χ3n) is 6.14. The summed E-state index contributed by atoms with van der Waals surface area (Å²) >= 11 is 0. The fourth-order valence-corrected chi connectivity index (χ4v) is 5.15. The van der Waals surface area contributed by atoms with Gasteiger partial charge in [-0.15, -0.1) is 0 Å². The lowest BCUT2D eigenvalue weighted by atomic mass is 9.49. The number of carbonyl (C=O) groups excluding carboxylic acids is 1. The molecule has 0 aromatic heterocycles. The van der Waals surface area contributed by atoms with Crippen LogP contribution in [-0.2, 0) is 16.6 Å². The molecule has 2 fully saturated rings. The maximum absolute atomic E-state index is 11.5. The van der Waals surface area contributed by atoms with Crippen LogP contribution in [0.5, 0.6) is 11.5 Å². The van der Waals surface area contributed by atoms with Crippen molar-refractivity contribution in [3.63, 3.8) is 0 Å². The van der Waals surface area contributed by atoms with Crippen molar-refractivity contribution >= 4 is 5.97 Å². The van der Waals surface area contributed by atoms with Crippen molar-refractivity contribution in [1.82, 2.24) is 5.32 Å². The number of hydrogen-bond acceptors (Lipinski definition) is 7. The van der Waals surface area contributed by atoms with Gasteiger partial charge >= 0.3 is 0 Å². The van der Waals surface area contributed by atoms with Crippen LogP contribution in [0.3, 0.4) is 0 Å². The normalized spacial score (nSPS) is 33.3. The number of benzene rings is 1. The average Bonchev–Trinajstić information content (AvgIpc) is 2.54. The zero-order valence-electron chi connectivity index (χ0n) is 15.6. The molecule has 4 rings (SSSR count). The number of methoxy groups -OCH3 is 1. The van der Waals surface area contributed by atoms with Gasteiger partial charge < -0.3 is 40.8 Å². The lowest BCUT2D eigenvalue weighted by Crippen LogP contribution is -2.72. The predicted molar refractivity (Wildman–Crippen MR) is 95.6 cm³/mol. The molecule has 0 amide bonds. The topological polar surface area (TPSA) is 154 Å². The van der Waals surface area contributed by atoms with Crippen molar-refractivity contribution in [2.45, 2.75) is 62.2 Å². The summed E-state index contributed by atoms with van der Waals surface area (Å²) in [5.41, 5.74) is 0.341. The molecule has 4 atom stereocenters. The Morgan fingerprint density at radius 2 is 2.04 bits per heavy atom. The molecule has 1 saturated heterocycles. The van der Waals surface area contributed by atoms with Crippen LogP contribution < -0.4 is 15.2 Å². The van der Waals surface area contributed by atoms with Gasteiger partial charge in [-0.2, -0.15) is 0 Å². The van der Waals surface area contributed by atoms with Crippen molar-refractivity contribution < 1.29 is 35.4 Å². The molecule has 1 aromatic rings. The molecule has 0 radical (unpaired) electrons. The SMILES string of the molecule is CC(=O)[O-].COc1ccc2c(c1O)[C@]13CCN[C@H](C2)[C@]1(O)CC[C@@H](O)C3.O. The van der Waals surface area contributed by atoms with Gasteiger partial charge in [0.2, 0.25) is 0 Å². The Morgan fingerprint density at radius 1 is 1.37 bits per heavy atom. The summed E-state index contributed by atoms with van der Waals surface area (Å²) in [6.45, 7) is 1.76. The number of hydrogen-bond donors (Lipinski definition) is 4. The Hall–Kier alpha value is -1.87. The quantitative estimate of drug-likeness (QED) is 0.474. The summed E-state index contributed by atoms with van der Waals surface area (Å²) in [5.74, 6) is -0.514. The number of carbonyl (C=O) groups is 1. The summed E-state index contributed by atoms with van der Waals surface area (Å²) in [5, 5.41) is 44.8. The number of fused-ring (bicyclic) bond motifs is 1. The van der Waals surface area contributed by atoms with Gasteiger partial charge in [-0.25, -0.2) is 0 Å². The Labute approximate surface area is 158 Å². The van der Waals surface area contributed by atoms with Crippen LogP contribution in [0.25, 0.3) is 0 Å². The number of ether oxygens (including phenoxy) is 1. The molecular weight excluding hydrogens is 354 g/mol. The van der Waals surface area contributed by atoms with Gasteiger partial charge in [0.1, 0.15) is 0 Å². The van der Waals surface area contributed by atoms with Crippen LogP contribution in [0.1, 0.15) is 43.7 Å². The molecule has 1 aromatic carbocycles. The number of aliphatic hydroxyl groups excluding tert-OH is 1. The van der Waals surface area contributed by atoms with E-state index in [9.17, 15) is 15.3 Å². The van der Waals surface area contributed by atoms with E-state index < -0.39 is 23.1 Å². The molecular formula is C19H28NO7-. The molecule has 1 saturated carbocycles. The summed E-state index contributed by atoms with van der Waals surface area (Å²) in [7, 11) is 1.54. The highest BCUT2D eigenvalue weighted by atomic mass is 16.5. The van der Waals surface area contributed by atoms with Gasteiger partial charge in [-0.05, 0) is 57.2 Å². The first-order valence-electron chi connectivity index (χ1n) is 8.96. The minimum Gasteiger partial charge on any atom is -0.550 e. The number of carboxylic acid groups (broad SMARTS) is 1. The van der Waals surface area contributed by atoms with Crippen LogP contribution in [-0.4, -0.2) is 58.2 Å². The van der Waals surface area contributed by atoms with E-state index in [4.69, 9.17) is 14.6 Å². The number of aromatic hydroxyl groups is 1. The number of nitrogens with one attached hydrogen (secondary N) is 1. The van der Waals surface area contributed by atoms with Crippen LogP contribution in [0.4, 0.5) is 0 Å². The second-order valence-corrected chi connectivity index (χ2v) is 7.51. The fourth-order valence-electron chi connectivity index (χ4n) is 5.15. The lowest BCUT2D eigenvalue weighted by Gasteiger charge is -2.61. The molecule has 1 aliphatic heterocycles. The molecule has 0 spiro atoms. The molecule has 8 nitrogen and oxygen atoms in total. The fraction of sp³-hybridized carbons (Fsp3) is 0.632. The molecule has 27 heavy (non-hydrogen) atoms. The minimum atomic E-state index is -1.08. The van der Waals surface area contributed by atoms with Crippen molar-refractivity contribution in [1.29, 1.82) is 0 Å². The first-order valence-corrected chi connectivity index (χ1v) is 8.96. The molecule has 0 unspecified atom stereocenters. The first kappa shape index (κ1) is 21.4. The van der Waals surface area contributed by atoms with Crippen molar-refractivity contribution in [2.24, 2.45) is 0 Å². The number of rotatable bonds is 1. The average molecular weight is 382 g/mol. The van der Waals surface area contributed by atoms with E-state index in [-0.39, 0.29) is 17.3 Å². The number of aliphatic hydroxyl groups is 2. The molecule has 3 aliphatic rings. The maximum Gasteiger partial charge on any atom is 0.161 e. The number of aliphatic carboxylic acids is 1. The van der Waals surface area contributed by atoms with Gasteiger partial charge in [-0.3, -0.25) is 0 Å². The number of phenolic OH excluding ortho intramolecular Hbond substituents is 1. The third kappa shape index (κ3) is 3.27. The Kier molecular flexibility index (Phi) is 6.06. The number of piperidine rings is 1. The Bertz CT molecular complexity index is 706. The zero-order chi connectivity index (χ0) is 19.1. The van der Waals surface area contributed by atoms with E-state index in [0.717, 1.165) is 24.6 Å². The molecule has 152 valence electrons. The van der Waals surface area contributed by atoms with E-state index in [1.165, 1.54) is 7.11 Å².